The van der Waals surface area contributed by atoms with E-state index in [4.69, 9.17) is 0 Å². The lowest BCUT2D eigenvalue weighted by Gasteiger charge is -1.95. The summed E-state index contributed by atoms with van der Waals surface area (Å²) in [7, 11) is 0.419. The fourth-order valence-corrected chi connectivity index (χ4v) is 2.37. The predicted molar refractivity (Wildman–Crippen MR) is 44.8 cm³/mol. The van der Waals surface area contributed by atoms with Crippen molar-refractivity contribution < 1.29 is 5.11 Å². The Hall–Kier alpha value is -0.420. The van der Waals surface area contributed by atoms with Crippen LogP contribution < -0.4 is 0 Å². The fraction of sp³-hybridized carbons (Fsp3) is 0.500. The van der Waals surface area contributed by atoms with Gasteiger partial charge in [0.1, 0.15) is 0 Å². The van der Waals surface area contributed by atoms with E-state index in [-0.39, 0.29) is 0 Å². The summed E-state index contributed by atoms with van der Waals surface area (Å²) >= 11 is 0. The molecule has 1 aromatic rings. The molecule has 0 saturated carbocycles. The smallest absolute Gasteiger partial charge is 0.196 e. The van der Waals surface area contributed by atoms with E-state index in [1.54, 1.807) is 0 Å². The molecule has 1 unspecified atom stereocenters. The van der Waals surface area contributed by atoms with Crippen LogP contribution in [0.5, 0.6) is 5.48 Å². The first-order valence-electron chi connectivity index (χ1n) is 3.65. The van der Waals surface area contributed by atoms with Crippen molar-refractivity contribution >= 4 is 8.19 Å². The molecule has 0 aliphatic heterocycles. The molecular weight excluding hydrogens is 143 g/mol. The average molecular weight is 155 g/mol. The average Bonchev–Trinajstić information content (AvgIpc) is 2.30. The minimum Gasteiger partial charge on any atom is -0.285 e. The SMILES string of the molecule is CCc1c[pH]c([O])c1CC. The van der Waals surface area contributed by atoms with Gasteiger partial charge in [-0.2, -0.15) is 0 Å². The van der Waals surface area contributed by atoms with Crippen LogP contribution in [0.3, 0.4) is 0 Å². The Balaban J connectivity index is 3.01. The molecule has 1 rings (SSSR count). The first-order valence-corrected chi connectivity index (χ1v) is 4.73. The van der Waals surface area contributed by atoms with Crippen molar-refractivity contribution in [2.45, 2.75) is 26.7 Å². The highest BCUT2D eigenvalue weighted by atomic mass is 31.0. The molecule has 55 valence electrons. The Kier molecular flexibility index (Phi) is 2.39. The topological polar surface area (TPSA) is 19.9 Å². The molecule has 0 aliphatic rings. The van der Waals surface area contributed by atoms with Crippen LogP contribution in [-0.2, 0) is 17.9 Å². The highest BCUT2D eigenvalue weighted by Crippen LogP contribution is 2.34. The molecule has 1 atom stereocenters. The number of hydrogen-bond donors (Lipinski definition) is 0. The third-order valence-electron chi connectivity index (χ3n) is 1.77. The van der Waals surface area contributed by atoms with Gasteiger partial charge in [0.15, 0.2) is 5.48 Å². The molecule has 0 amide bonds. The molecule has 0 saturated heterocycles. The van der Waals surface area contributed by atoms with E-state index in [9.17, 15) is 5.11 Å². The highest BCUT2D eigenvalue weighted by molar-refractivity contribution is 7.32. The summed E-state index contributed by atoms with van der Waals surface area (Å²) in [5.41, 5.74) is 2.71. The molecule has 0 N–H and O–H groups in total. The van der Waals surface area contributed by atoms with Crippen LogP contribution in [0.2, 0.25) is 0 Å². The summed E-state index contributed by atoms with van der Waals surface area (Å²) in [6, 6.07) is 0. The molecule has 1 heterocycles. The highest BCUT2D eigenvalue weighted by Gasteiger charge is 2.06. The van der Waals surface area contributed by atoms with Gasteiger partial charge in [-0.3, -0.25) is 5.11 Å². The van der Waals surface area contributed by atoms with Gasteiger partial charge in [0.2, 0.25) is 0 Å². The molecule has 2 heteroatoms. The summed E-state index contributed by atoms with van der Waals surface area (Å²) in [4.78, 5) is 0. The quantitative estimate of drug-likeness (QED) is 0.625. The summed E-state index contributed by atoms with van der Waals surface area (Å²) in [5.74, 6) is 2.08. The minimum atomic E-state index is 0.361. The van der Waals surface area contributed by atoms with Crippen LogP contribution in [0, 0.1) is 0 Å². The Morgan fingerprint density at radius 3 is 2.50 bits per heavy atom. The van der Waals surface area contributed by atoms with Gasteiger partial charge in [-0.1, -0.05) is 22.0 Å². The van der Waals surface area contributed by atoms with Gasteiger partial charge in [-0.05, 0) is 24.2 Å². The number of hydrogen-bond acceptors (Lipinski definition) is 0. The molecule has 10 heavy (non-hydrogen) atoms. The zero-order chi connectivity index (χ0) is 7.56. The molecule has 1 radical (unpaired) electrons. The van der Waals surface area contributed by atoms with Crippen molar-refractivity contribution in [3.05, 3.63) is 16.9 Å². The van der Waals surface area contributed by atoms with Crippen molar-refractivity contribution in [1.82, 2.24) is 0 Å². The summed E-state index contributed by atoms with van der Waals surface area (Å²) in [6.45, 7) is 4.15. The molecule has 1 aromatic heterocycles. The van der Waals surface area contributed by atoms with Crippen LogP contribution in [0.15, 0.2) is 5.80 Å². The Labute approximate surface area is 63.2 Å². The van der Waals surface area contributed by atoms with Crippen LogP contribution in [-0.4, -0.2) is 0 Å². The first kappa shape index (κ1) is 7.68. The second kappa shape index (κ2) is 3.12. The summed E-state index contributed by atoms with van der Waals surface area (Å²) in [6.07, 6.45) is 1.92. The van der Waals surface area contributed by atoms with Crippen LogP contribution in [0.1, 0.15) is 25.0 Å². The molecule has 0 spiro atoms. The predicted octanol–water partition coefficient (Wildman–Crippen LogP) is 2.99. The molecule has 0 fully saturated rings. The Morgan fingerprint density at radius 2 is 2.10 bits per heavy atom. The van der Waals surface area contributed by atoms with Crippen LogP contribution in [0.4, 0.5) is 0 Å². The lowest BCUT2D eigenvalue weighted by Crippen LogP contribution is -1.82. The summed E-state index contributed by atoms with van der Waals surface area (Å²) in [5, 5.41) is 11.1. The standard InChI is InChI=1S/C8H12OP/c1-3-6-5-10-8(9)7(6)4-2/h5,10H,3-4H2,1-2H3. The van der Waals surface area contributed by atoms with Gasteiger partial charge in [-0.25, -0.2) is 0 Å². The van der Waals surface area contributed by atoms with Gasteiger partial charge in [0.05, 0.1) is 0 Å². The second-order valence-electron chi connectivity index (χ2n) is 2.33. The maximum Gasteiger partial charge on any atom is 0.196 e. The number of rotatable bonds is 2. The van der Waals surface area contributed by atoms with Crippen molar-refractivity contribution in [3.63, 3.8) is 0 Å². The first-order chi connectivity index (χ1) is 4.79. The van der Waals surface area contributed by atoms with Gasteiger partial charge in [0, 0.05) is 5.56 Å². The van der Waals surface area contributed by atoms with E-state index in [1.165, 1.54) is 5.56 Å². The maximum absolute atomic E-state index is 11.1. The van der Waals surface area contributed by atoms with E-state index in [0.717, 1.165) is 18.4 Å². The van der Waals surface area contributed by atoms with Gasteiger partial charge in [-0.15, -0.1) is 0 Å². The molecule has 0 aromatic carbocycles. The Bertz CT molecular complexity index is 215. The largest absolute Gasteiger partial charge is 0.285 e. The van der Waals surface area contributed by atoms with Gasteiger partial charge >= 0.3 is 0 Å². The zero-order valence-electron chi connectivity index (χ0n) is 6.40. The van der Waals surface area contributed by atoms with Crippen LogP contribution in [0.25, 0.3) is 0 Å². The van der Waals surface area contributed by atoms with E-state index in [0.29, 0.717) is 13.7 Å². The van der Waals surface area contributed by atoms with E-state index >= 15 is 0 Å². The lowest BCUT2D eigenvalue weighted by molar-refractivity contribution is 0.364. The van der Waals surface area contributed by atoms with Crippen molar-refractivity contribution in [2.75, 3.05) is 0 Å². The third kappa shape index (κ3) is 1.19. The number of aryl methyl sites for hydroxylation is 1. The van der Waals surface area contributed by atoms with E-state index in [2.05, 4.69) is 12.7 Å². The van der Waals surface area contributed by atoms with Gasteiger partial charge < -0.3 is 0 Å². The van der Waals surface area contributed by atoms with E-state index < -0.39 is 0 Å². The fourth-order valence-electron chi connectivity index (χ4n) is 1.18. The van der Waals surface area contributed by atoms with Gasteiger partial charge in [0.25, 0.3) is 0 Å². The normalized spacial score (nSPS) is 11.0. The van der Waals surface area contributed by atoms with Crippen molar-refractivity contribution in [2.24, 2.45) is 0 Å². The van der Waals surface area contributed by atoms with E-state index in [1.807, 2.05) is 6.92 Å². The maximum atomic E-state index is 11.1. The van der Waals surface area contributed by atoms with Crippen LogP contribution >= 0.6 is 8.19 Å². The minimum absolute atomic E-state index is 0.361. The molecular formula is C8H12OP. The Morgan fingerprint density at radius 1 is 1.40 bits per heavy atom. The molecule has 0 bridgehead atoms. The lowest BCUT2D eigenvalue weighted by atomic mass is 10.1. The zero-order valence-corrected chi connectivity index (χ0v) is 7.40. The van der Waals surface area contributed by atoms with Crippen molar-refractivity contribution in [1.29, 1.82) is 0 Å². The third-order valence-corrected chi connectivity index (χ3v) is 2.83. The monoisotopic (exact) mass is 155 g/mol. The summed E-state index contributed by atoms with van der Waals surface area (Å²) < 4.78 is 0. The molecule has 0 aliphatic carbocycles. The van der Waals surface area contributed by atoms with Crippen molar-refractivity contribution in [3.8, 4) is 5.48 Å². The second-order valence-corrected chi connectivity index (χ2v) is 3.36. The molecule has 1 nitrogen and oxygen atoms in total.